The molecule has 24 heavy (non-hydrogen) atoms. The minimum absolute atomic E-state index is 0.862. The van der Waals surface area contributed by atoms with Gasteiger partial charge in [-0.3, -0.25) is 9.88 Å². The van der Waals surface area contributed by atoms with Crippen molar-refractivity contribution in [3.05, 3.63) is 47.1 Å². The normalized spacial score (nSPS) is 15.9. The number of thiazole rings is 1. The van der Waals surface area contributed by atoms with E-state index in [1.807, 2.05) is 11.7 Å². The third kappa shape index (κ3) is 3.34. The zero-order valence-corrected chi connectivity index (χ0v) is 14.7. The second-order valence-corrected chi connectivity index (χ2v) is 7.13. The minimum Gasteiger partial charge on any atom is -0.379 e. The summed E-state index contributed by atoms with van der Waals surface area (Å²) in [5, 5.41) is 1.25. The third-order valence-corrected chi connectivity index (χ3v) is 5.38. The second-order valence-electron chi connectivity index (χ2n) is 6.25. The molecule has 1 aliphatic heterocycles. The largest absolute Gasteiger partial charge is 0.379 e. The fourth-order valence-corrected chi connectivity index (χ4v) is 3.76. The maximum absolute atomic E-state index is 5.41. The molecule has 0 unspecified atom stereocenters. The van der Waals surface area contributed by atoms with Gasteiger partial charge in [0.15, 0.2) is 0 Å². The smallest absolute Gasteiger partial charge is 0.0828 e. The van der Waals surface area contributed by atoms with Crippen LogP contribution in [0.3, 0.4) is 0 Å². The van der Waals surface area contributed by atoms with E-state index >= 15 is 0 Å². The van der Waals surface area contributed by atoms with Crippen LogP contribution >= 0.6 is 11.3 Å². The number of rotatable bonds is 4. The summed E-state index contributed by atoms with van der Waals surface area (Å²) in [5.41, 5.74) is 6.59. The van der Waals surface area contributed by atoms with E-state index in [4.69, 9.17) is 9.72 Å². The van der Waals surface area contributed by atoms with Crippen molar-refractivity contribution in [1.82, 2.24) is 14.9 Å². The first kappa shape index (κ1) is 15.7. The van der Waals surface area contributed by atoms with Crippen LogP contribution in [0.5, 0.6) is 0 Å². The number of hydrogen-bond acceptors (Lipinski definition) is 5. The van der Waals surface area contributed by atoms with E-state index in [9.17, 15) is 0 Å². The summed E-state index contributed by atoms with van der Waals surface area (Å²) in [5.74, 6) is 0. The van der Waals surface area contributed by atoms with Crippen LogP contribution in [0.25, 0.3) is 21.5 Å². The second kappa shape index (κ2) is 6.97. The Kier molecular flexibility index (Phi) is 4.56. The topological polar surface area (TPSA) is 38.2 Å². The first-order valence-corrected chi connectivity index (χ1v) is 9.27. The molecule has 0 spiro atoms. The molecule has 3 heterocycles. The monoisotopic (exact) mass is 339 g/mol. The van der Waals surface area contributed by atoms with E-state index in [0.29, 0.717) is 0 Å². The summed E-state index contributed by atoms with van der Waals surface area (Å²) < 4.78 is 5.41. The van der Waals surface area contributed by atoms with Crippen LogP contribution in [-0.4, -0.2) is 47.7 Å². The average molecular weight is 339 g/mol. The molecule has 0 saturated carbocycles. The highest BCUT2D eigenvalue weighted by Crippen LogP contribution is 2.27. The predicted octanol–water partition coefficient (Wildman–Crippen LogP) is 3.54. The first-order valence-electron chi connectivity index (χ1n) is 8.39. The van der Waals surface area contributed by atoms with Crippen molar-refractivity contribution in [1.29, 1.82) is 0 Å². The number of benzene rings is 1. The van der Waals surface area contributed by atoms with E-state index in [1.54, 1.807) is 11.3 Å². The van der Waals surface area contributed by atoms with E-state index in [0.717, 1.165) is 55.4 Å². The Morgan fingerprint density at radius 2 is 2.08 bits per heavy atom. The Morgan fingerprint density at radius 3 is 2.88 bits per heavy atom. The minimum atomic E-state index is 0.862. The van der Waals surface area contributed by atoms with Crippen LogP contribution in [-0.2, 0) is 11.2 Å². The molecule has 1 aromatic carbocycles. The lowest BCUT2D eigenvalue weighted by atomic mass is 10.0. The van der Waals surface area contributed by atoms with Crippen molar-refractivity contribution < 1.29 is 4.74 Å². The fourth-order valence-electron chi connectivity index (χ4n) is 3.18. The Bertz CT molecular complexity index is 826. The van der Waals surface area contributed by atoms with Crippen molar-refractivity contribution in [2.45, 2.75) is 13.3 Å². The molecule has 0 radical (unpaired) electrons. The molecular weight excluding hydrogens is 318 g/mol. The molecule has 0 N–H and O–H groups in total. The van der Waals surface area contributed by atoms with E-state index < -0.39 is 0 Å². The molecule has 0 bridgehead atoms. The lowest BCUT2D eigenvalue weighted by Crippen LogP contribution is -2.37. The van der Waals surface area contributed by atoms with Gasteiger partial charge in [-0.1, -0.05) is 6.07 Å². The molecule has 2 aromatic heterocycles. The molecule has 5 heteroatoms. The van der Waals surface area contributed by atoms with Gasteiger partial charge in [-0.25, -0.2) is 4.98 Å². The van der Waals surface area contributed by atoms with Crippen LogP contribution < -0.4 is 0 Å². The highest BCUT2D eigenvalue weighted by molar-refractivity contribution is 7.13. The molecule has 4 nitrogen and oxygen atoms in total. The molecule has 0 atom stereocenters. The Labute approximate surface area is 146 Å². The van der Waals surface area contributed by atoms with Gasteiger partial charge in [-0.15, -0.1) is 11.3 Å². The van der Waals surface area contributed by atoms with Gasteiger partial charge in [0.25, 0.3) is 0 Å². The van der Waals surface area contributed by atoms with Crippen LogP contribution in [0.4, 0.5) is 0 Å². The fraction of sp³-hybridized carbons (Fsp3) is 0.368. The number of ether oxygens (including phenoxy) is 1. The van der Waals surface area contributed by atoms with Crippen LogP contribution in [0.2, 0.25) is 0 Å². The molecule has 3 aromatic rings. The molecule has 1 aliphatic rings. The summed E-state index contributed by atoms with van der Waals surface area (Å²) in [7, 11) is 0. The molecule has 0 amide bonds. The van der Waals surface area contributed by atoms with Gasteiger partial charge in [0.05, 0.1) is 34.8 Å². The van der Waals surface area contributed by atoms with Crippen molar-refractivity contribution in [3.63, 3.8) is 0 Å². The van der Waals surface area contributed by atoms with Crippen molar-refractivity contribution in [2.75, 3.05) is 32.8 Å². The maximum atomic E-state index is 5.41. The zero-order valence-electron chi connectivity index (χ0n) is 13.9. The maximum Gasteiger partial charge on any atom is 0.0828 e. The first-order chi connectivity index (χ1) is 11.8. The van der Waals surface area contributed by atoms with Gasteiger partial charge < -0.3 is 4.74 Å². The van der Waals surface area contributed by atoms with E-state index in [2.05, 4.69) is 41.1 Å². The Balaban J connectivity index is 1.56. The number of hydrogen-bond donors (Lipinski definition) is 0. The van der Waals surface area contributed by atoms with Gasteiger partial charge in [-0.05, 0) is 42.7 Å². The van der Waals surface area contributed by atoms with Crippen molar-refractivity contribution >= 4 is 22.2 Å². The van der Waals surface area contributed by atoms with Crippen LogP contribution in [0.15, 0.2) is 36.0 Å². The van der Waals surface area contributed by atoms with Crippen molar-refractivity contribution in [2.24, 2.45) is 0 Å². The number of aromatic nitrogens is 2. The summed E-state index contributed by atoms with van der Waals surface area (Å²) in [6, 6.07) is 8.84. The van der Waals surface area contributed by atoms with Gasteiger partial charge in [0, 0.05) is 31.2 Å². The average Bonchev–Trinajstić information content (AvgIpc) is 3.16. The van der Waals surface area contributed by atoms with Gasteiger partial charge in [0.1, 0.15) is 0 Å². The summed E-state index contributed by atoms with van der Waals surface area (Å²) >= 11 is 1.63. The van der Waals surface area contributed by atoms with E-state index in [-0.39, 0.29) is 0 Å². The molecular formula is C19H21N3OS. The van der Waals surface area contributed by atoms with Gasteiger partial charge in [0.2, 0.25) is 0 Å². The molecule has 4 rings (SSSR count). The van der Waals surface area contributed by atoms with E-state index in [1.165, 1.54) is 16.5 Å². The summed E-state index contributed by atoms with van der Waals surface area (Å²) in [4.78, 5) is 12.6. The molecule has 0 aliphatic carbocycles. The molecule has 124 valence electrons. The standard InChI is InChI=1S/C19H21N3OS/c1-14-10-18(19-12-20-13-24-19)21-17-3-2-15(11-16(14)17)4-5-22-6-8-23-9-7-22/h2-3,10-13H,4-9H2,1H3. The quantitative estimate of drug-likeness (QED) is 0.729. The highest BCUT2D eigenvalue weighted by Gasteiger charge is 2.11. The highest BCUT2D eigenvalue weighted by atomic mass is 32.1. The number of fused-ring (bicyclic) bond motifs is 1. The SMILES string of the molecule is Cc1cc(-c2cncs2)nc2ccc(CCN3CCOCC3)cc12. The number of aryl methyl sites for hydroxylation is 1. The predicted molar refractivity (Wildman–Crippen MR) is 98.6 cm³/mol. The Morgan fingerprint density at radius 1 is 1.21 bits per heavy atom. The van der Waals surface area contributed by atoms with Gasteiger partial charge in [-0.2, -0.15) is 0 Å². The number of morpholine rings is 1. The zero-order chi connectivity index (χ0) is 16.4. The van der Waals surface area contributed by atoms with Crippen LogP contribution in [0, 0.1) is 6.92 Å². The summed E-state index contributed by atoms with van der Waals surface area (Å²) in [6.45, 7) is 7.08. The Hall–Kier alpha value is -1.82. The third-order valence-electron chi connectivity index (χ3n) is 4.59. The number of nitrogens with zero attached hydrogens (tertiary/aromatic N) is 3. The van der Waals surface area contributed by atoms with Gasteiger partial charge >= 0.3 is 0 Å². The number of pyridine rings is 1. The lowest BCUT2D eigenvalue weighted by molar-refractivity contribution is 0.0384. The lowest BCUT2D eigenvalue weighted by Gasteiger charge is -2.26. The molecule has 1 saturated heterocycles. The summed E-state index contributed by atoms with van der Waals surface area (Å²) in [6.07, 6.45) is 2.96. The molecule has 1 fully saturated rings. The van der Waals surface area contributed by atoms with Crippen molar-refractivity contribution in [3.8, 4) is 10.6 Å². The van der Waals surface area contributed by atoms with Crippen LogP contribution in [0.1, 0.15) is 11.1 Å².